The summed E-state index contributed by atoms with van der Waals surface area (Å²) in [5.41, 5.74) is 0.998. The fourth-order valence-electron chi connectivity index (χ4n) is 1.75. The molecule has 1 aromatic heterocycles. The van der Waals surface area contributed by atoms with E-state index in [1.807, 2.05) is 0 Å². The zero-order chi connectivity index (χ0) is 13.7. The number of carboxylic acids is 1. The van der Waals surface area contributed by atoms with Gasteiger partial charge in [0.2, 0.25) is 0 Å². The molecular weight excluding hydrogens is 247 g/mol. The van der Waals surface area contributed by atoms with E-state index in [0.29, 0.717) is 24.2 Å². The Labute approximate surface area is 109 Å². The zero-order valence-corrected chi connectivity index (χ0v) is 10.1. The van der Waals surface area contributed by atoms with E-state index in [9.17, 15) is 9.18 Å². The molecule has 0 bridgehead atoms. The van der Waals surface area contributed by atoms with Crippen molar-refractivity contribution in [3.05, 3.63) is 59.7 Å². The molecule has 2 rings (SSSR count). The lowest BCUT2D eigenvalue weighted by Crippen LogP contribution is -2.11. The number of nitrogens with zero attached hydrogens (tertiary/aromatic N) is 1. The Morgan fingerprint density at radius 2 is 2.05 bits per heavy atom. The van der Waals surface area contributed by atoms with E-state index in [1.165, 1.54) is 12.3 Å². The van der Waals surface area contributed by atoms with Crippen LogP contribution in [-0.2, 0) is 6.42 Å². The van der Waals surface area contributed by atoms with Gasteiger partial charge >= 0.3 is 5.97 Å². The molecule has 1 heterocycles. The minimum Gasteiger partial charge on any atom is -0.476 e. The molecule has 2 aromatic rings. The third-order valence-electron chi connectivity index (χ3n) is 2.68. The lowest BCUT2D eigenvalue weighted by atomic mass is 10.1. The minimum absolute atomic E-state index is 0.0315. The lowest BCUT2D eigenvalue weighted by molar-refractivity contribution is 0.0691. The smallest absolute Gasteiger partial charge is 0.356 e. The van der Waals surface area contributed by atoms with Crippen LogP contribution in [0.25, 0.3) is 0 Å². The first-order chi connectivity index (χ1) is 9.18. The Hall–Kier alpha value is -2.43. The van der Waals surface area contributed by atoms with Crippen LogP contribution in [0, 0.1) is 5.82 Å². The summed E-state index contributed by atoms with van der Waals surface area (Å²) in [5.74, 6) is -1.34. The molecule has 0 spiro atoms. The van der Waals surface area contributed by atoms with Gasteiger partial charge in [-0.2, -0.15) is 0 Å². The highest BCUT2D eigenvalue weighted by atomic mass is 19.1. The van der Waals surface area contributed by atoms with Crippen molar-refractivity contribution < 1.29 is 14.3 Å². The fourth-order valence-corrected chi connectivity index (χ4v) is 1.75. The van der Waals surface area contributed by atoms with E-state index in [4.69, 9.17) is 5.11 Å². The van der Waals surface area contributed by atoms with E-state index in [-0.39, 0.29) is 11.5 Å². The Balaban J connectivity index is 2.00. The molecule has 0 aliphatic carbocycles. The predicted molar refractivity (Wildman–Crippen MR) is 69.8 cm³/mol. The van der Waals surface area contributed by atoms with Gasteiger partial charge in [-0.15, -0.1) is 0 Å². The molecule has 0 saturated carbocycles. The molecule has 0 fully saturated rings. The molecular formula is C14H13FN2O2. The van der Waals surface area contributed by atoms with E-state index in [2.05, 4.69) is 10.3 Å². The Morgan fingerprint density at radius 3 is 2.79 bits per heavy atom. The van der Waals surface area contributed by atoms with Crippen LogP contribution in [0.5, 0.6) is 0 Å². The predicted octanol–water partition coefficient (Wildman–Crippen LogP) is 2.57. The molecule has 0 aliphatic rings. The van der Waals surface area contributed by atoms with Gasteiger partial charge in [-0.05, 0) is 30.2 Å². The standard InChI is InChI=1S/C14H13FN2O2/c15-11-5-2-1-4-10(11)7-9-16-12-6-3-8-17-13(12)14(18)19/h1-6,8,16H,7,9H2,(H,18,19). The van der Waals surface area contributed by atoms with Crippen molar-refractivity contribution in [2.75, 3.05) is 11.9 Å². The van der Waals surface area contributed by atoms with Crippen LogP contribution in [0.15, 0.2) is 42.6 Å². The number of rotatable bonds is 5. The van der Waals surface area contributed by atoms with Crippen LogP contribution in [0.4, 0.5) is 10.1 Å². The van der Waals surface area contributed by atoms with Crippen LogP contribution in [-0.4, -0.2) is 22.6 Å². The summed E-state index contributed by atoms with van der Waals surface area (Å²) in [6, 6.07) is 9.80. The third kappa shape index (κ3) is 3.28. The van der Waals surface area contributed by atoms with Crippen molar-refractivity contribution in [1.82, 2.24) is 4.98 Å². The lowest BCUT2D eigenvalue weighted by Gasteiger charge is -2.08. The number of aromatic nitrogens is 1. The second-order valence-electron chi connectivity index (χ2n) is 3.97. The summed E-state index contributed by atoms with van der Waals surface area (Å²) in [7, 11) is 0. The number of carbonyl (C=O) groups is 1. The number of aromatic carboxylic acids is 1. The van der Waals surface area contributed by atoms with Gasteiger partial charge in [0.05, 0.1) is 5.69 Å². The molecule has 0 atom stereocenters. The minimum atomic E-state index is -1.09. The molecule has 0 aliphatic heterocycles. The summed E-state index contributed by atoms with van der Waals surface area (Å²) >= 11 is 0. The number of nitrogens with one attached hydrogen (secondary N) is 1. The van der Waals surface area contributed by atoms with Crippen LogP contribution in [0.3, 0.4) is 0 Å². The number of carboxylic acid groups (broad SMARTS) is 1. The normalized spacial score (nSPS) is 10.2. The van der Waals surface area contributed by atoms with Crippen molar-refractivity contribution in [3.8, 4) is 0 Å². The second-order valence-corrected chi connectivity index (χ2v) is 3.97. The first kappa shape index (κ1) is 13.0. The highest BCUT2D eigenvalue weighted by Crippen LogP contribution is 2.13. The summed E-state index contributed by atoms with van der Waals surface area (Å²) in [6.07, 6.45) is 1.89. The summed E-state index contributed by atoms with van der Waals surface area (Å²) < 4.78 is 13.4. The molecule has 98 valence electrons. The highest BCUT2D eigenvalue weighted by molar-refractivity contribution is 5.91. The largest absolute Gasteiger partial charge is 0.476 e. The number of halogens is 1. The topological polar surface area (TPSA) is 62.2 Å². The van der Waals surface area contributed by atoms with Crippen LogP contribution < -0.4 is 5.32 Å². The second kappa shape index (κ2) is 5.95. The third-order valence-corrected chi connectivity index (χ3v) is 2.68. The SMILES string of the molecule is O=C(O)c1ncccc1NCCc1ccccc1F. The number of pyridine rings is 1. The van der Waals surface area contributed by atoms with Crippen molar-refractivity contribution in [1.29, 1.82) is 0 Å². The Kier molecular flexibility index (Phi) is 4.07. The average molecular weight is 260 g/mol. The quantitative estimate of drug-likeness (QED) is 0.867. The van der Waals surface area contributed by atoms with Crippen molar-refractivity contribution in [2.24, 2.45) is 0 Å². The maximum Gasteiger partial charge on any atom is 0.356 e. The summed E-state index contributed by atoms with van der Waals surface area (Å²) in [4.78, 5) is 14.7. The van der Waals surface area contributed by atoms with Crippen molar-refractivity contribution in [2.45, 2.75) is 6.42 Å². The van der Waals surface area contributed by atoms with Gasteiger partial charge in [0.25, 0.3) is 0 Å². The van der Waals surface area contributed by atoms with E-state index in [1.54, 1.807) is 30.3 Å². The number of benzene rings is 1. The maximum atomic E-state index is 13.4. The number of anilines is 1. The first-order valence-corrected chi connectivity index (χ1v) is 5.84. The maximum absolute atomic E-state index is 13.4. The Morgan fingerprint density at radius 1 is 1.26 bits per heavy atom. The van der Waals surface area contributed by atoms with E-state index in [0.717, 1.165) is 0 Å². The number of hydrogen-bond acceptors (Lipinski definition) is 3. The highest BCUT2D eigenvalue weighted by Gasteiger charge is 2.10. The van der Waals surface area contributed by atoms with Gasteiger partial charge < -0.3 is 10.4 Å². The molecule has 19 heavy (non-hydrogen) atoms. The van der Waals surface area contributed by atoms with Gasteiger partial charge in [0.1, 0.15) is 5.82 Å². The summed E-state index contributed by atoms with van der Waals surface area (Å²) in [6.45, 7) is 0.437. The van der Waals surface area contributed by atoms with E-state index < -0.39 is 5.97 Å². The molecule has 0 unspecified atom stereocenters. The molecule has 0 amide bonds. The fraction of sp³-hybridized carbons (Fsp3) is 0.143. The van der Waals surface area contributed by atoms with Crippen LogP contribution in [0.1, 0.15) is 16.1 Å². The molecule has 2 N–H and O–H groups in total. The van der Waals surface area contributed by atoms with Crippen LogP contribution >= 0.6 is 0 Å². The Bertz CT molecular complexity index is 587. The molecule has 0 radical (unpaired) electrons. The van der Waals surface area contributed by atoms with Crippen molar-refractivity contribution in [3.63, 3.8) is 0 Å². The van der Waals surface area contributed by atoms with E-state index >= 15 is 0 Å². The first-order valence-electron chi connectivity index (χ1n) is 5.84. The monoisotopic (exact) mass is 260 g/mol. The van der Waals surface area contributed by atoms with Gasteiger partial charge in [0, 0.05) is 12.7 Å². The molecule has 4 nitrogen and oxygen atoms in total. The average Bonchev–Trinajstić information content (AvgIpc) is 2.41. The molecule has 5 heteroatoms. The van der Waals surface area contributed by atoms with Gasteiger partial charge in [-0.3, -0.25) is 0 Å². The molecule has 1 aromatic carbocycles. The summed E-state index contributed by atoms with van der Waals surface area (Å²) in [5, 5.41) is 11.9. The van der Waals surface area contributed by atoms with Gasteiger partial charge in [0.15, 0.2) is 5.69 Å². The van der Waals surface area contributed by atoms with Gasteiger partial charge in [-0.1, -0.05) is 18.2 Å². The van der Waals surface area contributed by atoms with Crippen molar-refractivity contribution >= 4 is 11.7 Å². The number of hydrogen-bond donors (Lipinski definition) is 2. The van der Waals surface area contributed by atoms with Gasteiger partial charge in [-0.25, -0.2) is 14.2 Å². The van der Waals surface area contributed by atoms with Crippen LogP contribution in [0.2, 0.25) is 0 Å². The zero-order valence-electron chi connectivity index (χ0n) is 10.1. The molecule has 0 saturated heterocycles.